The molecule has 0 aliphatic carbocycles. The Bertz CT molecular complexity index is 579. The number of nitrogens with one attached hydrogen (secondary N) is 1. The fraction of sp³-hybridized carbons (Fsp3) is 0.188. The van der Waals surface area contributed by atoms with Crippen LogP contribution in [0.25, 0.3) is 0 Å². The maximum atomic E-state index is 12.2. The highest BCUT2D eigenvalue weighted by atomic mass is 16.1. The van der Waals surface area contributed by atoms with E-state index in [9.17, 15) is 4.79 Å². The van der Waals surface area contributed by atoms with Crippen LogP contribution in [-0.2, 0) is 0 Å². The molecule has 0 bridgehead atoms. The van der Waals surface area contributed by atoms with Crippen molar-refractivity contribution in [1.29, 1.82) is 0 Å². The normalized spacial score (nSPS) is 11.9. The minimum absolute atomic E-state index is 0.0328. The van der Waals surface area contributed by atoms with Gasteiger partial charge >= 0.3 is 0 Å². The standard InChI is InChI=1S/C16H18N2O/c1-11-8-9-14(17)10-15(11)16(19)18-12(2)13-6-4-3-5-7-13/h3-10,12H,17H2,1-2H3,(H,18,19)/t12-/m0/s1. The van der Waals surface area contributed by atoms with Crippen molar-refractivity contribution in [2.24, 2.45) is 0 Å². The molecule has 0 fully saturated rings. The van der Waals surface area contributed by atoms with E-state index in [1.807, 2.05) is 50.2 Å². The van der Waals surface area contributed by atoms with Crippen molar-refractivity contribution in [3.63, 3.8) is 0 Å². The van der Waals surface area contributed by atoms with Crippen LogP contribution in [0.2, 0.25) is 0 Å². The van der Waals surface area contributed by atoms with Crippen LogP contribution in [0.15, 0.2) is 48.5 Å². The highest BCUT2D eigenvalue weighted by Gasteiger charge is 2.13. The first-order valence-corrected chi connectivity index (χ1v) is 6.30. The zero-order chi connectivity index (χ0) is 13.8. The van der Waals surface area contributed by atoms with E-state index in [4.69, 9.17) is 5.73 Å². The summed E-state index contributed by atoms with van der Waals surface area (Å²) in [4.78, 5) is 12.2. The Morgan fingerprint density at radius 3 is 2.53 bits per heavy atom. The third-order valence-electron chi connectivity index (χ3n) is 3.15. The molecule has 2 aromatic carbocycles. The first-order valence-electron chi connectivity index (χ1n) is 6.30. The third-order valence-corrected chi connectivity index (χ3v) is 3.15. The van der Waals surface area contributed by atoms with E-state index in [0.29, 0.717) is 11.3 Å². The zero-order valence-electron chi connectivity index (χ0n) is 11.2. The molecular weight excluding hydrogens is 236 g/mol. The molecule has 0 aliphatic heterocycles. The van der Waals surface area contributed by atoms with E-state index < -0.39 is 0 Å². The van der Waals surface area contributed by atoms with Crippen LogP contribution >= 0.6 is 0 Å². The van der Waals surface area contributed by atoms with Gasteiger partial charge in [-0.2, -0.15) is 0 Å². The van der Waals surface area contributed by atoms with Gasteiger partial charge in [0.25, 0.3) is 5.91 Å². The van der Waals surface area contributed by atoms with Gasteiger partial charge in [-0.15, -0.1) is 0 Å². The summed E-state index contributed by atoms with van der Waals surface area (Å²) in [6.07, 6.45) is 0. The summed E-state index contributed by atoms with van der Waals surface area (Å²) in [6, 6.07) is 15.2. The number of nitrogens with two attached hydrogens (primary N) is 1. The highest BCUT2D eigenvalue weighted by molar-refractivity contribution is 5.96. The Hall–Kier alpha value is -2.29. The lowest BCUT2D eigenvalue weighted by Crippen LogP contribution is -2.27. The Morgan fingerprint density at radius 1 is 1.16 bits per heavy atom. The monoisotopic (exact) mass is 254 g/mol. The number of hydrogen-bond acceptors (Lipinski definition) is 2. The fourth-order valence-electron chi connectivity index (χ4n) is 1.98. The zero-order valence-corrected chi connectivity index (χ0v) is 11.2. The van der Waals surface area contributed by atoms with Gasteiger partial charge in [0.1, 0.15) is 0 Å². The lowest BCUT2D eigenvalue weighted by Gasteiger charge is -2.15. The smallest absolute Gasteiger partial charge is 0.252 e. The van der Waals surface area contributed by atoms with Gasteiger partial charge < -0.3 is 11.1 Å². The molecule has 0 saturated carbocycles. The number of rotatable bonds is 3. The molecule has 0 radical (unpaired) electrons. The summed E-state index contributed by atoms with van der Waals surface area (Å²) in [5.41, 5.74) is 8.96. The molecule has 0 spiro atoms. The van der Waals surface area contributed by atoms with Crippen molar-refractivity contribution in [1.82, 2.24) is 5.32 Å². The summed E-state index contributed by atoms with van der Waals surface area (Å²) in [5.74, 6) is -0.0962. The van der Waals surface area contributed by atoms with Gasteiger partial charge in [-0.3, -0.25) is 4.79 Å². The second-order valence-electron chi connectivity index (χ2n) is 4.68. The Kier molecular flexibility index (Phi) is 3.85. The molecule has 0 aliphatic rings. The van der Waals surface area contributed by atoms with Gasteiger partial charge in [0.2, 0.25) is 0 Å². The van der Waals surface area contributed by atoms with E-state index in [-0.39, 0.29) is 11.9 Å². The fourth-order valence-corrected chi connectivity index (χ4v) is 1.98. The van der Waals surface area contributed by atoms with Crippen molar-refractivity contribution >= 4 is 11.6 Å². The molecule has 0 saturated heterocycles. The van der Waals surface area contributed by atoms with Crippen LogP contribution in [0.4, 0.5) is 5.69 Å². The Balaban J connectivity index is 2.15. The molecule has 0 unspecified atom stereocenters. The molecule has 2 aromatic rings. The maximum Gasteiger partial charge on any atom is 0.252 e. The number of amides is 1. The van der Waals surface area contributed by atoms with Crippen LogP contribution < -0.4 is 11.1 Å². The van der Waals surface area contributed by atoms with Crippen molar-refractivity contribution in [2.45, 2.75) is 19.9 Å². The van der Waals surface area contributed by atoms with E-state index in [1.54, 1.807) is 12.1 Å². The third kappa shape index (κ3) is 3.13. The predicted octanol–water partition coefficient (Wildman–Crippen LogP) is 3.07. The van der Waals surface area contributed by atoms with Crippen LogP contribution in [-0.4, -0.2) is 5.91 Å². The summed E-state index contributed by atoms with van der Waals surface area (Å²) in [7, 11) is 0. The van der Waals surface area contributed by atoms with Gasteiger partial charge in [0.15, 0.2) is 0 Å². The van der Waals surface area contributed by atoms with Crippen molar-refractivity contribution in [2.75, 3.05) is 5.73 Å². The average molecular weight is 254 g/mol. The molecule has 1 amide bonds. The summed E-state index contributed by atoms with van der Waals surface area (Å²) in [6.45, 7) is 3.87. The molecule has 3 nitrogen and oxygen atoms in total. The SMILES string of the molecule is Cc1ccc(N)cc1C(=O)N[C@@H](C)c1ccccc1. The van der Waals surface area contributed by atoms with Crippen molar-refractivity contribution in [3.05, 3.63) is 65.2 Å². The summed E-state index contributed by atoms with van der Waals surface area (Å²) >= 11 is 0. The van der Waals surface area contributed by atoms with Crippen molar-refractivity contribution in [3.8, 4) is 0 Å². The first-order chi connectivity index (χ1) is 9.08. The number of benzene rings is 2. The minimum atomic E-state index is -0.0962. The van der Waals surface area contributed by atoms with Crippen LogP contribution in [0.1, 0.15) is 34.5 Å². The van der Waals surface area contributed by atoms with Gasteiger partial charge in [-0.25, -0.2) is 0 Å². The molecule has 0 aromatic heterocycles. The number of carbonyl (C=O) groups is 1. The molecule has 98 valence electrons. The predicted molar refractivity (Wildman–Crippen MR) is 77.9 cm³/mol. The number of hydrogen-bond donors (Lipinski definition) is 2. The van der Waals surface area contributed by atoms with Crippen LogP contribution in [0, 0.1) is 6.92 Å². The summed E-state index contributed by atoms with van der Waals surface area (Å²) in [5, 5.41) is 2.99. The molecular formula is C16H18N2O. The molecule has 0 heterocycles. The number of nitrogen functional groups attached to an aromatic ring is 1. The van der Waals surface area contributed by atoms with Crippen LogP contribution in [0.3, 0.4) is 0 Å². The van der Waals surface area contributed by atoms with E-state index in [2.05, 4.69) is 5.32 Å². The molecule has 19 heavy (non-hydrogen) atoms. The van der Waals surface area contributed by atoms with Crippen LogP contribution in [0.5, 0.6) is 0 Å². The number of anilines is 1. The van der Waals surface area contributed by atoms with Gasteiger partial charge in [0, 0.05) is 11.3 Å². The second kappa shape index (κ2) is 5.57. The number of aryl methyl sites for hydroxylation is 1. The largest absolute Gasteiger partial charge is 0.399 e. The van der Waals surface area contributed by atoms with Gasteiger partial charge in [0.05, 0.1) is 6.04 Å². The maximum absolute atomic E-state index is 12.2. The average Bonchev–Trinajstić information content (AvgIpc) is 2.42. The Labute approximate surface area is 113 Å². The van der Waals surface area contributed by atoms with E-state index >= 15 is 0 Å². The lowest BCUT2D eigenvalue weighted by molar-refractivity contribution is 0.0939. The Morgan fingerprint density at radius 2 is 1.84 bits per heavy atom. The topological polar surface area (TPSA) is 55.1 Å². The second-order valence-corrected chi connectivity index (χ2v) is 4.68. The lowest BCUT2D eigenvalue weighted by atomic mass is 10.1. The minimum Gasteiger partial charge on any atom is -0.399 e. The molecule has 3 heteroatoms. The molecule has 2 rings (SSSR count). The number of carbonyl (C=O) groups excluding carboxylic acids is 1. The first kappa shape index (κ1) is 13.1. The highest BCUT2D eigenvalue weighted by Crippen LogP contribution is 2.16. The van der Waals surface area contributed by atoms with Gasteiger partial charge in [-0.05, 0) is 37.1 Å². The molecule has 1 atom stereocenters. The van der Waals surface area contributed by atoms with E-state index in [0.717, 1.165) is 11.1 Å². The van der Waals surface area contributed by atoms with Crippen molar-refractivity contribution < 1.29 is 4.79 Å². The van der Waals surface area contributed by atoms with E-state index in [1.165, 1.54) is 0 Å². The molecule has 3 N–H and O–H groups in total. The quantitative estimate of drug-likeness (QED) is 0.827. The summed E-state index contributed by atoms with van der Waals surface area (Å²) < 4.78 is 0. The van der Waals surface area contributed by atoms with Gasteiger partial charge in [-0.1, -0.05) is 36.4 Å².